The van der Waals surface area contributed by atoms with Crippen LogP contribution in [0.1, 0.15) is 12.8 Å². The number of nitrogens with two attached hydrogens (primary N) is 1. The van der Waals surface area contributed by atoms with Crippen molar-refractivity contribution in [3.05, 3.63) is 22.6 Å². The molecule has 0 saturated heterocycles. The average molecular weight is 148 g/mol. The molecule has 0 fully saturated rings. The van der Waals surface area contributed by atoms with E-state index < -0.39 is 5.83 Å². The van der Waals surface area contributed by atoms with Crippen LogP contribution in [-0.4, -0.2) is 0 Å². The molecule has 1 rings (SSSR count). The van der Waals surface area contributed by atoms with Gasteiger partial charge in [-0.2, -0.15) is 0 Å². The Morgan fingerprint density at radius 1 is 1.67 bits per heavy atom. The summed E-state index contributed by atoms with van der Waals surface area (Å²) in [6.07, 6.45) is 2.97. The van der Waals surface area contributed by atoms with Gasteiger partial charge in [-0.3, -0.25) is 0 Å². The number of allylic oxidation sites excluding steroid dienone is 3. The van der Waals surface area contributed by atoms with Crippen LogP contribution in [0.15, 0.2) is 22.6 Å². The maximum Gasteiger partial charge on any atom is 0.160 e. The van der Waals surface area contributed by atoms with Crippen molar-refractivity contribution in [1.82, 2.24) is 0 Å². The van der Waals surface area contributed by atoms with Crippen LogP contribution in [0.25, 0.3) is 0 Å². The third kappa shape index (κ3) is 1.24. The SMILES string of the molecule is NC1=CCCC(Cl)=C1F. The molecule has 0 saturated carbocycles. The Morgan fingerprint density at radius 2 is 2.33 bits per heavy atom. The fraction of sp³-hybridized carbons (Fsp3) is 0.333. The molecular formula is C6H7ClFN. The van der Waals surface area contributed by atoms with Crippen LogP contribution in [0, 0.1) is 0 Å². The first-order valence-corrected chi connectivity index (χ1v) is 3.10. The molecule has 0 atom stereocenters. The molecule has 9 heavy (non-hydrogen) atoms. The zero-order valence-electron chi connectivity index (χ0n) is 4.82. The van der Waals surface area contributed by atoms with Gasteiger partial charge >= 0.3 is 0 Å². The fourth-order valence-electron chi connectivity index (χ4n) is 0.710. The lowest BCUT2D eigenvalue weighted by atomic mass is 10.1. The van der Waals surface area contributed by atoms with Gasteiger partial charge in [0.05, 0.1) is 10.7 Å². The first-order chi connectivity index (χ1) is 4.22. The minimum Gasteiger partial charge on any atom is -0.397 e. The standard InChI is InChI=1S/C6H7ClFN/c7-4-2-1-3-5(9)6(4)8/h3H,1-2,9H2. The van der Waals surface area contributed by atoms with Crippen molar-refractivity contribution >= 4 is 11.6 Å². The molecule has 1 aliphatic rings. The van der Waals surface area contributed by atoms with Gasteiger partial charge < -0.3 is 5.73 Å². The molecule has 0 aromatic carbocycles. The van der Waals surface area contributed by atoms with Gasteiger partial charge in [-0.1, -0.05) is 17.7 Å². The Morgan fingerprint density at radius 3 is 2.78 bits per heavy atom. The second kappa shape index (κ2) is 2.40. The Balaban J connectivity index is 2.88. The predicted octanol–water partition coefficient (Wildman–Crippen LogP) is 2.04. The average Bonchev–Trinajstić information content (AvgIpc) is 1.83. The summed E-state index contributed by atoms with van der Waals surface area (Å²) in [6, 6.07) is 0. The van der Waals surface area contributed by atoms with E-state index in [2.05, 4.69) is 0 Å². The van der Waals surface area contributed by atoms with Crippen molar-refractivity contribution in [3.63, 3.8) is 0 Å². The minimum absolute atomic E-state index is 0.172. The molecule has 1 nitrogen and oxygen atoms in total. The van der Waals surface area contributed by atoms with Crippen LogP contribution in [0.5, 0.6) is 0 Å². The Bertz CT molecular complexity index is 183. The van der Waals surface area contributed by atoms with E-state index >= 15 is 0 Å². The van der Waals surface area contributed by atoms with Gasteiger partial charge in [-0.15, -0.1) is 0 Å². The Hall–Kier alpha value is -0.500. The molecule has 0 amide bonds. The van der Waals surface area contributed by atoms with Crippen molar-refractivity contribution in [2.75, 3.05) is 0 Å². The lowest BCUT2D eigenvalue weighted by molar-refractivity contribution is 0.627. The summed E-state index contributed by atoms with van der Waals surface area (Å²) in [6.45, 7) is 0. The van der Waals surface area contributed by atoms with E-state index in [0.717, 1.165) is 6.42 Å². The van der Waals surface area contributed by atoms with E-state index in [-0.39, 0.29) is 10.7 Å². The van der Waals surface area contributed by atoms with E-state index in [4.69, 9.17) is 17.3 Å². The van der Waals surface area contributed by atoms with Crippen LogP contribution in [-0.2, 0) is 0 Å². The van der Waals surface area contributed by atoms with Gasteiger partial charge in [0.2, 0.25) is 0 Å². The van der Waals surface area contributed by atoms with Crippen LogP contribution in [0.3, 0.4) is 0 Å². The maximum atomic E-state index is 12.5. The van der Waals surface area contributed by atoms with E-state index in [1.165, 1.54) is 0 Å². The smallest absolute Gasteiger partial charge is 0.160 e. The van der Waals surface area contributed by atoms with E-state index in [0.29, 0.717) is 6.42 Å². The lowest BCUT2D eigenvalue weighted by Crippen LogP contribution is -2.02. The van der Waals surface area contributed by atoms with Crippen LogP contribution < -0.4 is 5.73 Å². The summed E-state index contributed by atoms with van der Waals surface area (Å²) in [5, 5.41) is 0.245. The van der Waals surface area contributed by atoms with Crippen molar-refractivity contribution in [2.45, 2.75) is 12.8 Å². The summed E-state index contributed by atoms with van der Waals surface area (Å²) in [4.78, 5) is 0. The second-order valence-corrected chi connectivity index (χ2v) is 2.37. The molecule has 1 aliphatic carbocycles. The first kappa shape index (κ1) is 6.62. The molecule has 3 heteroatoms. The van der Waals surface area contributed by atoms with Gasteiger partial charge in [0, 0.05) is 0 Å². The molecule has 0 heterocycles. The normalized spacial score (nSPS) is 20.0. The third-order valence-corrected chi connectivity index (χ3v) is 1.57. The van der Waals surface area contributed by atoms with E-state index in [1.807, 2.05) is 0 Å². The van der Waals surface area contributed by atoms with Gasteiger partial charge in [0.1, 0.15) is 0 Å². The molecule has 2 N–H and O–H groups in total. The molecular weight excluding hydrogens is 141 g/mol. The molecule has 0 aromatic rings. The van der Waals surface area contributed by atoms with Crippen molar-refractivity contribution < 1.29 is 4.39 Å². The lowest BCUT2D eigenvalue weighted by Gasteiger charge is -2.06. The first-order valence-electron chi connectivity index (χ1n) is 2.72. The zero-order valence-corrected chi connectivity index (χ0v) is 5.58. The summed E-state index contributed by atoms with van der Waals surface area (Å²) < 4.78 is 12.5. The maximum absolute atomic E-state index is 12.5. The quantitative estimate of drug-likeness (QED) is 0.558. The van der Waals surface area contributed by atoms with Gasteiger partial charge in [-0.25, -0.2) is 4.39 Å². The number of rotatable bonds is 0. The highest BCUT2D eigenvalue weighted by Crippen LogP contribution is 2.25. The highest BCUT2D eigenvalue weighted by Gasteiger charge is 2.10. The van der Waals surface area contributed by atoms with E-state index in [9.17, 15) is 4.39 Å². The van der Waals surface area contributed by atoms with E-state index in [1.54, 1.807) is 6.08 Å². The van der Waals surface area contributed by atoms with Crippen LogP contribution in [0.4, 0.5) is 4.39 Å². The van der Waals surface area contributed by atoms with Gasteiger partial charge in [0.15, 0.2) is 5.83 Å². The van der Waals surface area contributed by atoms with Crippen molar-refractivity contribution in [2.24, 2.45) is 5.73 Å². The number of hydrogen-bond donors (Lipinski definition) is 1. The zero-order chi connectivity index (χ0) is 6.85. The molecule has 0 unspecified atom stereocenters. The van der Waals surface area contributed by atoms with Crippen molar-refractivity contribution in [1.29, 1.82) is 0 Å². The summed E-state index contributed by atoms with van der Waals surface area (Å²) in [5.41, 5.74) is 5.38. The topological polar surface area (TPSA) is 26.0 Å². The summed E-state index contributed by atoms with van der Waals surface area (Å²) in [5.74, 6) is -0.456. The molecule has 50 valence electrons. The fourth-order valence-corrected chi connectivity index (χ4v) is 0.929. The highest BCUT2D eigenvalue weighted by atomic mass is 35.5. The molecule has 0 bridgehead atoms. The third-order valence-electron chi connectivity index (χ3n) is 1.22. The molecule has 0 aromatic heterocycles. The van der Waals surface area contributed by atoms with Crippen LogP contribution >= 0.6 is 11.6 Å². The summed E-state index contributed by atoms with van der Waals surface area (Å²) >= 11 is 5.45. The minimum atomic E-state index is -0.456. The number of halogens is 2. The predicted molar refractivity (Wildman–Crippen MR) is 35.5 cm³/mol. The Labute approximate surface area is 58.0 Å². The second-order valence-electron chi connectivity index (χ2n) is 1.92. The molecule has 0 aliphatic heterocycles. The largest absolute Gasteiger partial charge is 0.397 e. The monoisotopic (exact) mass is 147 g/mol. The van der Waals surface area contributed by atoms with Gasteiger partial charge in [0.25, 0.3) is 0 Å². The molecule has 0 radical (unpaired) electrons. The number of hydrogen-bond acceptors (Lipinski definition) is 1. The highest BCUT2D eigenvalue weighted by molar-refractivity contribution is 6.30. The van der Waals surface area contributed by atoms with Gasteiger partial charge in [-0.05, 0) is 12.8 Å². The van der Waals surface area contributed by atoms with Crippen molar-refractivity contribution in [3.8, 4) is 0 Å². The summed E-state index contributed by atoms with van der Waals surface area (Å²) in [7, 11) is 0. The molecule has 0 spiro atoms. The Kier molecular flexibility index (Phi) is 1.76. The van der Waals surface area contributed by atoms with Crippen LogP contribution in [0.2, 0.25) is 0 Å².